The molecule has 4 aromatic rings. The van der Waals surface area contributed by atoms with E-state index >= 15 is 0 Å². The fourth-order valence-electron chi connectivity index (χ4n) is 2.46. The van der Waals surface area contributed by atoms with Gasteiger partial charge in [0.2, 0.25) is 0 Å². The molecule has 2 aromatic heterocycles. The van der Waals surface area contributed by atoms with Gasteiger partial charge in [-0.25, -0.2) is 4.68 Å². The molecular weight excluding hydrogens is 302 g/mol. The van der Waals surface area contributed by atoms with E-state index in [-0.39, 0.29) is 5.91 Å². The topological polar surface area (TPSA) is 72.7 Å². The molecule has 1 amide bonds. The average molecular weight is 315 g/mol. The maximum Gasteiger partial charge on any atom is 0.255 e. The third kappa shape index (κ3) is 2.72. The summed E-state index contributed by atoms with van der Waals surface area (Å²) in [6.45, 7) is 0. The molecule has 4 rings (SSSR count). The fraction of sp³-hybridized carbons (Fsp3) is 0. The van der Waals surface area contributed by atoms with Gasteiger partial charge in [0, 0.05) is 36.0 Å². The van der Waals surface area contributed by atoms with Gasteiger partial charge in [0.15, 0.2) is 0 Å². The molecule has 0 aliphatic carbocycles. The van der Waals surface area contributed by atoms with E-state index in [1.165, 1.54) is 0 Å². The van der Waals surface area contributed by atoms with E-state index in [1.54, 1.807) is 41.5 Å². The second kappa shape index (κ2) is 5.92. The molecule has 6 heteroatoms. The van der Waals surface area contributed by atoms with Crippen molar-refractivity contribution in [1.29, 1.82) is 0 Å². The minimum atomic E-state index is -0.194. The highest BCUT2D eigenvalue weighted by Gasteiger charge is 2.08. The first-order valence-corrected chi connectivity index (χ1v) is 7.42. The van der Waals surface area contributed by atoms with Gasteiger partial charge in [0.1, 0.15) is 0 Å². The lowest BCUT2D eigenvalue weighted by atomic mass is 10.1. The summed E-state index contributed by atoms with van der Waals surface area (Å²) in [6, 6.07) is 14.6. The van der Waals surface area contributed by atoms with Crippen molar-refractivity contribution in [3.63, 3.8) is 0 Å². The smallest absolute Gasteiger partial charge is 0.255 e. The molecule has 116 valence electrons. The molecule has 0 aliphatic rings. The van der Waals surface area contributed by atoms with Gasteiger partial charge in [-0.2, -0.15) is 5.10 Å². The van der Waals surface area contributed by atoms with E-state index in [4.69, 9.17) is 0 Å². The molecular formula is C18H13N5O. The molecule has 0 saturated carbocycles. The largest absolute Gasteiger partial charge is 0.322 e. The van der Waals surface area contributed by atoms with Crippen molar-refractivity contribution in [1.82, 2.24) is 19.7 Å². The van der Waals surface area contributed by atoms with E-state index in [0.29, 0.717) is 16.8 Å². The number of benzene rings is 2. The lowest BCUT2D eigenvalue weighted by Gasteiger charge is -2.08. The minimum Gasteiger partial charge on any atom is -0.322 e. The van der Waals surface area contributed by atoms with E-state index in [1.807, 2.05) is 36.5 Å². The standard InChI is InChI=1S/C18H13N5O/c24-18(13-5-6-16-17(11-13)20-9-8-19-16)22-14-3-1-4-15(12-14)23-10-2-7-21-23/h1-12H,(H,22,24). The molecule has 1 N–H and O–H groups in total. The van der Waals surface area contributed by atoms with E-state index in [9.17, 15) is 4.79 Å². The highest BCUT2D eigenvalue weighted by Crippen LogP contribution is 2.16. The van der Waals surface area contributed by atoms with Gasteiger partial charge < -0.3 is 5.32 Å². The maximum atomic E-state index is 12.5. The van der Waals surface area contributed by atoms with Gasteiger partial charge in [0.05, 0.1) is 16.7 Å². The van der Waals surface area contributed by atoms with Crippen LogP contribution >= 0.6 is 0 Å². The van der Waals surface area contributed by atoms with Gasteiger partial charge in [-0.05, 0) is 42.5 Å². The third-order valence-corrected chi connectivity index (χ3v) is 3.60. The molecule has 6 nitrogen and oxygen atoms in total. The summed E-state index contributed by atoms with van der Waals surface area (Å²) >= 11 is 0. The lowest BCUT2D eigenvalue weighted by molar-refractivity contribution is 0.102. The number of rotatable bonds is 3. The Morgan fingerprint density at radius 1 is 0.917 bits per heavy atom. The second-order valence-electron chi connectivity index (χ2n) is 5.21. The quantitative estimate of drug-likeness (QED) is 0.630. The van der Waals surface area contributed by atoms with Crippen molar-refractivity contribution >= 4 is 22.6 Å². The van der Waals surface area contributed by atoms with Crippen LogP contribution < -0.4 is 5.32 Å². The number of fused-ring (bicyclic) bond motifs is 1. The van der Waals surface area contributed by atoms with Gasteiger partial charge in [-0.1, -0.05) is 6.07 Å². The van der Waals surface area contributed by atoms with Crippen LogP contribution in [0.5, 0.6) is 0 Å². The van der Waals surface area contributed by atoms with Gasteiger partial charge in [0.25, 0.3) is 5.91 Å². The van der Waals surface area contributed by atoms with Crippen molar-refractivity contribution in [3.8, 4) is 5.69 Å². The zero-order chi connectivity index (χ0) is 16.4. The number of hydrogen-bond donors (Lipinski definition) is 1. The number of hydrogen-bond acceptors (Lipinski definition) is 4. The first kappa shape index (κ1) is 14.1. The zero-order valence-corrected chi connectivity index (χ0v) is 12.6. The molecule has 2 aromatic carbocycles. The van der Waals surface area contributed by atoms with Crippen LogP contribution in [-0.2, 0) is 0 Å². The summed E-state index contributed by atoms with van der Waals surface area (Å²) in [6.07, 6.45) is 6.80. The van der Waals surface area contributed by atoms with E-state index in [0.717, 1.165) is 11.2 Å². The molecule has 0 saturated heterocycles. The average Bonchev–Trinajstić information content (AvgIpc) is 3.16. The molecule has 24 heavy (non-hydrogen) atoms. The highest BCUT2D eigenvalue weighted by atomic mass is 16.1. The number of nitrogens with zero attached hydrogens (tertiary/aromatic N) is 4. The summed E-state index contributed by atoms with van der Waals surface area (Å²) in [5.41, 5.74) is 3.56. The monoisotopic (exact) mass is 315 g/mol. The van der Waals surface area contributed by atoms with Crippen LogP contribution in [0.4, 0.5) is 5.69 Å². The van der Waals surface area contributed by atoms with Crippen molar-refractivity contribution in [2.24, 2.45) is 0 Å². The van der Waals surface area contributed by atoms with E-state index in [2.05, 4.69) is 20.4 Å². The Morgan fingerprint density at radius 3 is 2.62 bits per heavy atom. The molecule has 0 radical (unpaired) electrons. The van der Waals surface area contributed by atoms with Crippen molar-refractivity contribution in [3.05, 3.63) is 78.9 Å². The molecule has 0 fully saturated rings. The first-order chi connectivity index (χ1) is 11.8. The third-order valence-electron chi connectivity index (χ3n) is 3.60. The van der Waals surface area contributed by atoms with Crippen molar-refractivity contribution < 1.29 is 4.79 Å². The minimum absolute atomic E-state index is 0.194. The molecule has 0 spiro atoms. The molecule has 0 aliphatic heterocycles. The summed E-state index contributed by atoms with van der Waals surface area (Å²) in [5.74, 6) is -0.194. The summed E-state index contributed by atoms with van der Waals surface area (Å²) in [7, 11) is 0. The van der Waals surface area contributed by atoms with Gasteiger partial charge in [-0.3, -0.25) is 14.8 Å². The van der Waals surface area contributed by atoms with Crippen LogP contribution in [0, 0.1) is 0 Å². The normalized spacial score (nSPS) is 10.7. The van der Waals surface area contributed by atoms with Gasteiger partial charge in [-0.15, -0.1) is 0 Å². The lowest BCUT2D eigenvalue weighted by Crippen LogP contribution is -2.12. The fourth-order valence-corrected chi connectivity index (χ4v) is 2.46. The highest BCUT2D eigenvalue weighted by molar-refractivity contribution is 6.05. The van der Waals surface area contributed by atoms with Crippen molar-refractivity contribution in [2.75, 3.05) is 5.32 Å². The summed E-state index contributed by atoms with van der Waals surface area (Å²) in [4.78, 5) is 20.9. The van der Waals surface area contributed by atoms with Crippen LogP contribution in [0.3, 0.4) is 0 Å². The van der Waals surface area contributed by atoms with Crippen molar-refractivity contribution in [2.45, 2.75) is 0 Å². The SMILES string of the molecule is O=C(Nc1cccc(-n2cccn2)c1)c1ccc2nccnc2c1. The van der Waals surface area contributed by atoms with E-state index < -0.39 is 0 Å². The zero-order valence-electron chi connectivity index (χ0n) is 12.6. The summed E-state index contributed by atoms with van der Waals surface area (Å²) < 4.78 is 1.74. The molecule has 0 atom stereocenters. The molecule has 2 heterocycles. The van der Waals surface area contributed by atoms with Crippen LogP contribution in [0.2, 0.25) is 0 Å². The van der Waals surface area contributed by atoms with Crippen LogP contribution in [0.1, 0.15) is 10.4 Å². The number of nitrogens with one attached hydrogen (secondary N) is 1. The van der Waals surface area contributed by atoms with Crippen LogP contribution in [0.15, 0.2) is 73.3 Å². The Morgan fingerprint density at radius 2 is 1.79 bits per heavy atom. The molecule has 0 bridgehead atoms. The first-order valence-electron chi connectivity index (χ1n) is 7.42. The number of amides is 1. The Kier molecular flexibility index (Phi) is 3.47. The number of aromatic nitrogens is 4. The van der Waals surface area contributed by atoms with Crippen LogP contribution in [-0.4, -0.2) is 25.7 Å². The number of anilines is 1. The Hall–Kier alpha value is -3.54. The Labute approximate surface area is 137 Å². The number of carbonyl (C=O) groups excluding carboxylic acids is 1. The predicted octanol–water partition coefficient (Wildman–Crippen LogP) is 3.07. The maximum absolute atomic E-state index is 12.5. The summed E-state index contributed by atoms with van der Waals surface area (Å²) in [5, 5.41) is 7.08. The second-order valence-corrected chi connectivity index (χ2v) is 5.21. The Bertz CT molecular complexity index is 1010. The van der Waals surface area contributed by atoms with Gasteiger partial charge >= 0.3 is 0 Å². The molecule has 0 unspecified atom stereocenters. The van der Waals surface area contributed by atoms with Crippen LogP contribution in [0.25, 0.3) is 16.7 Å². The number of carbonyl (C=O) groups is 1. The predicted molar refractivity (Wildman–Crippen MR) is 91.1 cm³/mol. The Balaban J connectivity index is 1.60.